The highest BCUT2D eigenvalue weighted by atomic mass is 32.1. The van der Waals surface area contributed by atoms with Crippen LogP contribution in [0.15, 0.2) is 54.7 Å². The van der Waals surface area contributed by atoms with E-state index in [4.69, 9.17) is 17.0 Å². The summed E-state index contributed by atoms with van der Waals surface area (Å²) < 4.78 is 7.60. The Morgan fingerprint density at radius 1 is 1.14 bits per heavy atom. The third-order valence-corrected chi connectivity index (χ3v) is 7.00. The van der Waals surface area contributed by atoms with Crippen molar-refractivity contribution in [3.63, 3.8) is 0 Å². The SMILES string of the molecule is COCCn1c(C)cc(C2C(c3ccccn3)NC(=S)N2CCC(=O)Nc2ccccc2C)c1C. The van der Waals surface area contributed by atoms with Crippen molar-refractivity contribution in [2.45, 2.75) is 45.8 Å². The van der Waals surface area contributed by atoms with Crippen LogP contribution >= 0.6 is 12.2 Å². The number of nitrogens with one attached hydrogen (secondary N) is 2. The van der Waals surface area contributed by atoms with Gasteiger partial charge in [0.05, 0.1) is 24.4 Å². The third-order valence-electron chi connectivity index (χ3n) is 6.65. The van der Waals surface area contributed by atoms with Crippen molar-refractivity contribution in [3.8, 4) is 0 Å². The Morgan fingerprint density at radius 3 is 2.63 bits per heavy atom. The number of rotatable bonds is 9. The lowest BCUT2D eigenvalue weighted by Crippen LogP contribution is -2.33. The normalized spacial score (nSPS) is 17.5. The quantitative estimate of drug-likeness (QED) is 0.431. The summed E-state index contributed by atoms with van der Waals surface area (Å²) in [5, 5.41) is 7.15. The van der Waals surface area contributed by atoms with Crippen LogP contribution < -0.4 is 10.6 Å². The van der Waals surface area contributed by atoms with Crippen molar-refractivity contribution in [1.82, 2.24) is 19.8 Å². The van der Waals surface area contributed by atoms with Crippen molar-refractivity contribution in [3.05, 3.63) is 82.9 Å². The van der Waals surface area contributed by atoms with Gasteiger partial charge in [0.2, 0.25) is 5.91 Å². The molecular formula is C27H33N5O2S. The van der Waals surface area contributed by atoms with Crippen LogP contribution in [0.4, 0.5) is 5.69 Å². The molecule has 35 heavy (non-hydrogen) atoms. The fourth-order valence-electron chi connectivity index (χ4n) is 4.79. The van der Waals surface area contributed by atoms with Gasteiger partial charge >= 0.3 is 0 Å². The Balaban J connectivity index is 1.61. The van der Waals surface area contributed by atoms with E-state index in [1.165, 1.54) is 17.0 Å². The standard InChI is InChI=1S/C27H33N5O2S/c1-18-9-5-6-10-22(18)29-24(33)12-14-32-26(21-17-19(2)31(20(21)3)15-16-34-4)25(30-27(32)35)23-11-7-8-13-28-23/h5-11,13,17,25-26H,12,14-16H2,1-4H3,(H,29,33)(H,30,35). The summed E-state index contributed by atoms with van der Waals surface area (Å²) in [6.07, 6.45) is 2.13. The summed E-state index contributed by atoms with van der Waals surface area (Å²) in [5.41, 5.74) is 6.32. The smallest absolute Gasteiger partial charge is 0.226 e. The number of carbonyl (C=O) groups is 1. The Bertz CT molecular complexity index is 1190. The van der Waals surface area contributed by atoms with Crippen LogP contribution in [0, 0.1) is 20.8 Å². The fourth-order valence-corrected chi connectivity index (χ4v) is 5.12. The van der Waals surface area contributed by atoms with E-state index in [9.17, 15) is 4.79 Å². The first-order valence-electron chi connectivity index (χ1n) is 11.9. The molecule has 0 bridgehead atoms. The first kappa shape index (κ1) is 24.9. The molecule has 8 heteroatoms. The van der Waals surface area contributed by atoms with Gasteiger partial charge in [-0.3, -0.25) is 9.78 Å². The largest absolute Gasteiger partial charge is 0.383 e. The second-order valence-electron chi connectivity index (χ2n) is 8.90. The van der Waals surface area contributed by atoms with Gasteiger partial charge in [0.1, 0.15) is 0 Å². The van der Waals surface area contributed by atoms with E-state index in [-0.39, 0.29) is 18.0 Å². The maximum absolute atomic E-state index is 12.8. The maximum Gasteiger partial charge on any atom is 0.226 e. The highest BCUT2D eigenvalue weighted by Crippen LogP contribution is 2.40. The number of carbonyl (C=O) groups excluding carboxylic acids is 1. The van der Waals surface area contributed by atoms with Crippen molar-refractivity contribution < 1.29 is 9.53 Å². The first-order chi connectivity index (χ1) is 16.9. The molecule has 1 aromatic carbocycles. The molecule has 1 saturated heterocycles. The van der Waals surface area contributed by atoms with E-state index in [1.54, 1.807) is 13.3 Å². The van der Waals surface area contributed by atoms with E-state index in [1.807, 2.05) is 49.4 Å². The molecule has 0 aliphatic carbocycles. The summed E-state index contributed by atoms with van der Waals surface area (Å²) in [5.74, 6) is -0.0345. The maximum atomic E-state index is 12.8. The molecule has 2 aromatic heterocycles. The van der Waals surface area contributed by atoms with Gasteiger partial charge in [0, 0.05) is 49.9 Å². The van der Waals surface area contributed by atoms with Crippen LogP contribution in [-0.4, -0.2) is 45.7 Å². The van der Waals surface area contributed by atoms with E-state index in [0.29, 0.717) is 24.7 Å². The summed E-state index contributed by atoms with van der Waals surface area (Å²) in [4.78, 5) is 19.6. The number of benzene rings is 1. The number of nitrogens with zero attached hydrogens (tertiary/aromatic N) is 3. The minimum atomic E-state index is -0.112. The molecule has 1 aliphatic heterocycles. The number of thiocarbonyl (C=S) groups is 1. The van der Waals surface area contributed by atoms with Crippen LogP contribution in [0.2, 0.25) is 0 Å². The molecule has 184 valence electrons. The fraction of sp³-hybridized carbons (Fsp3) is 0.370. The van der Waals surface area contributed by atoms with Gasteiger partial charge in [-0.05, 0) is 68.4 Å². The number of amides is 1. The van der Waals surface area contributed by atoms with Gasteiger partial charge in [-0.1, -0.05) is 24.3 Å². The zero-order chi connectivity index (χ0) is 24.9. The van der Waals surface area contributed by atoms with Gasteiger partial charge < -0.3 is 24.8 Å². The van der Waals surface area contributed by atoms with Crippen LogP contribution in [0.25, 0.3) is 0 Å². The lowest BCUT2D eigenvalue weighted by Gasteiger charge is -2.28. The summed E-state index contributed by atoms with van der Waals surface area (Å²) in [7, 11) is 1.72. The number of para-hydroxylation sites is 1. The predicted molar refractivity (Wildman–Crippen MR) is 142 cm³/mol. The highest BCUT2D eigenvalue weighted by molar-refractivity contribution is 7.80. The summed E-state index contributed by atoms with van der Waals surface area (Å²) in [6, 6.07) is 15.8. The zero-order valence-corrected chi connectivity index (χ0v) is 21.6. The topological polar surface area (TPSA) is 71.4 Å². The Morgan fingerprint density at radius 2 is 1.91 bits per heavy atom. The number of hydrogen-bond donors (Lipinski definition) is 2. The van der Waals surface area contributed by atoms with Crippen LogP contribution in [-0.2, 0) is 16.1 Å². The van der Waals surface area contributed by atoms with Gasteiger partial charge in [-0.25, -0.2) is 0 Å². The van der Waals surface area contributed by atoms with E-state index >= 15 is 0 Å². The number of aryl methyl sites for hydroxylation is 2. The molecule has 0 saturated carbocycles. The molecule has 1 fully saturated rings. The second kappa shape index (κ2) is 11.0. The number of hydrogen-bond acceptors (Lipinski definition) is 4. The van der Waals surface area contributed by atoms with Crippen LogP contribution in [0.1, 0.15) is 46.7 Å². The van der Waals surface area contributed by atoms with Crippen molar-refractivity contribution >= 4 is 28.9 Å². The lowest BCUT2D eigenvalue weighted by atomic mass is 9.96. The molecule has 3 aromatic rings. The number of methoxy groups -OCH3 is 1. The van der Waals surface area contributed by atoms with E-state index in [2.05, 4.69) is 45.0 Å². The average Bonchev–Trinajstić information content (AvgIpc) is 3.33. The number of aromatic nitrogens is 2. The number of ether oxygens (including phenoxy) is 1. The molecule has 3 heterocycles. The molecule has 2 atom stereocenters. The minimum absolute atomic E-state index is 0.0345. The summed E-state index contributed by atoms with van der Waals surface area (Å²) >= 11 is 5.78. The molecule has 2 unspecified atom stereocenters. The van der Waals surface area contributed by atoms with Crippen LogP contribution in [0.5, 0.6) is 0 Å². The Hall–Kier alpha value is -3.23. The van der Waals surface area contributed by atoms with Crippen molar-refractivity contribution in [2.75, 3.05) is 25.6 Å². The second-order valence-corrected chi connectivity index (χ2v) is 9.29. The number of pyridine rings is 1. The van der Waals surface area contributed by atoms with Gasteiger partial charge in [-0.2, -0.15) is 0 Å². The molecule has 0 radical (unpaired) electrons. The van der Waals surface area contributed by atoms with Crippen LogP contribution in [0.3, 0.4) is 0 Å². The Labute approximate surface area is 212 Å². The molecule has 1 aliphatic rings. The zero-order valence-electron chi connectivity index (χ0n) is 20.7. The van der Waals surface area contributed by atoms with E-state index < -0.39 is 0 Å². The van der Waals surface area contributed by atoms with E-state index in [0.717, 1.165) is 23.5 Å². The summed E-state index contributed by atoms with van der Waals surface area (Å²) in [6.45, 7) is 8.16. The molecule has 2 N–H and O–H groups in total. The lowest BCUT2D eigenvalue weighted by molar-refractivity contribution is -0.116. The monoisotopic (exact) mass is 491 g/mol. The predicted octanol–water partition coefficient (Wildman–Crippen LogP) is 4.46. The average molecular weight is 492 g/mol. The molecule has 7 nitrogen and oxygen atoms in total. The molecule has 4 rings (SSSR count). The van der Waals surface area contributed by atoms with Crippen molar-refractivity contribution in [2.24, 2.45) is 0 Å². The number of anilines is 1. The minimum Gasteiger partial charge on any atom is -0.383 e. The van der Waals surface area contributed by atoms with Gasteiger partial charge in [0.15, 0.2) is 5.11 Å². The van der Waals surface area contributed by atoms with Gasteiger partial charge in [0.25, 0.3) is 0 Å². The molecule has 0 spiro atoms. The molecule has 1 amide bonds. The first-order valence-corrected chi connectivity index (χ1v) is 12.3. The van der Waals surface area contributed by atoms with Crippen molar-refractivity contribution in [1.29, 1.82) is 0 Å². The van der Waals surface area contributed by atoms with Gasteiger partial charge in [-0.15, -0.1) is 0 Å². The third kappa shape index (κ3) is 5.39. The Kier molecular flexibility index (Phi) is 7.83. The molecular weight excluding hydrogens is 458 g/mol. The highest BCUT2D eigenvalue weighted by Gasteiger charge is 2.41.